The van der Waals surface area contributed by atoms with Crippen molar-refractivity contribution in [3.05, 3.63) is 33.8 Å². The zero-order chi connectivity index (χ0) is 14.7. The van der Waals surface area contributed by atoms with E-state index in [0.717, 1.165) is 23.0 Å². The van der Waals surface area contributed by atoms with Crippen molar-refractivity contribution in [3.63, 3.8) is 0 Å². The van der Waals surface area contributed by atoms with Gasteiger partial charge in [0.1, 0.15) is 17.5 Å². The summed E-state index contributed by atoms with van der Waals surface area (Å²) >= 11 is 1.76. The first kappa shape index (κ1) is 14.8. The number of anilines is 2. The maximum Gasteiger partial charge on any atom is 0.135 e. The highest BCUT2D eigenvalue weighted by Crippen LogP contribution is 2.27. The van der Waals surface area contributed by atoms with Crippen molar-refractivity contribution in [3.8, 4) is 0 Å². The van der Waals surface area contributed by atoms with E-state index in [1.165, 1.54) is 4.88 Å². The molecule has 2 aromatic heterocycles. The van der Waals surface area contributed by atoms with Crippen LogP contribution in [0.2, 0.25) is 0 Å². The lowest BCUT2D eigenvalue weighted by atomic mass is 10.2. The largest absolute Gasteiger partial charge is 0.373 e. The molecule has 2 aromatic rings. The molecule has 0 aromatic carbocycles. The monoisotopic (exact) mass is 290 g/mol. The van der Waals surface area contributed by atoms with Crippen molar-refractivity contribution in [1.82, 2.24) is 9.97 Å². The van der Waals surface area contributed by atoms with Gasteiger partial charge in [0.15, 0.2) is 0 Å². The van der Waals surface area contributed by atoms with Gasteiger partial charge in [-0.25, -0.2) is 9.97 Å². The maximum atomic E-state index is 4.67. The molecular weight excluding hydrogens is 268 g/mol. The highest BCUT2D eigenvalue weighted by molar-refractivity contribution is 7.10. The molecule has 1 unspecified atom stereocenters. The maximum absolute atomic E-state index is 4.67. The van der Waals surface area contributed by atoms with Crippen LogP contribution >= 0.6 is 11.3 Å². The molecule has 2 N–H and O–H groups in total. The molecule has 20 heavy (non-hydrogen) atoms. The predicted molar refractivity (Wildman–Crippen MR) is 86.8 cm³/mol. The molecule has 0 bridgehead atoms. The lowest BCUT2D eigenvalue weighted by molar-refractivity contribution is 0.768. The SMILES string of the molecule is CNc1nc(C(C)C)nc(NC(C)c2cccs2)c1C. The highest BCUT2D eigenvalue weighted by atomic mass is 32.1. The predicted octanol–water partition coefficient (Wildman–Crippen LogP) is 4.18. The third-order valence-corrected chi connectivity index (χ3v) is 4.29. The van der Waals surface area contributed by atoms with E-state index < -0.39 is 0 Å². The van der Waals surface area contributed by atoms with Gasteiger partial charge in [-0.15, -0.1) is 11.3 Å². The van der Waals surface area contributed by atoms with Crippen LogP contribution in [0.1, 0.15) is 49.0 Å². The fraction of sp³-hybridized carbons (Fsp3) is 0.467. The zero-order valence-electron chi connectivity index (χ0n) is 12.7. The zero-order valence-corrected chi connectivity index (χ0v) is 13.5. The molecule has 2 rings (SSSR count). The van der Waals surface area contributed by atoms with Crippen LogP contribution < -0.4 is 10.6 Å². The van der Waals surface area contributed by atoms with Crippen molar-refractivity contribution in [2.24, 2.45) is 0 Å². The van der Waals surface area contributed by atoms with Crippen LogP contribution in [0.5, 0.6) is 0 Å². The molecule has 0 aliphatic heterocycles. The minimum absolute atomic E-state index is 0.244. The minimum atomic E-state index is 0.244. The van der Waals surface area contributed by atoms with Gasteiger partial charge in [-0.1, -0.05) is 19.9 Å². The number of thiophene rings is 1. The number of hydrogen-bond acceptors (Lipinski definition) is 5. The summed E-state index contributed by atoms with van der Waals surface area (Å²) in [5, 5.41) is 8.75. The van der Waals surface area contributed by atoms with Crippen molar-refractivity contribution < 1.29 is 0 Å². The van der Waals surface area contributed by atoms with E-state index >= 15 is 0 Å². The normalized spacial score (nSPS) is 12.5. The Bertz CT molecular complexity index is 564. The van der Waals surface area contributed by atoms with E-state index in [1.807, 2.05) is 14.0 Å². The van der Waals surface area contributed by atoms with E-state index in [-0.39, 0.29) is 6.04 Å². The number of nitrogens with one attached hydrogen (secondary N) is 2. The lowest BCUT2D eigenvalue weighted by Crippen LogP contribution is -2.12. The molecule has 2 heterocycles. The van der Waals surface area contributed by atoms with Gasteiger partial charge in [0.2, 0.25) is 0 Å². The van der Waals surface area contributed by atoms with Crippen LogP contribution in [0.3, 0.4) is 0 Å². The van der Waals surface area contributed by atoms with Gasteiger partial charge in [-0.2, -0.15) is 0 Å². The summed E-state index contributed by atoms with van der Waals surface area (Å²) in [7, 11) is 1.89. The molecule has 0 fully saturated rings. The second-order valence-electron chi connectivity index (χ2n) is 5.19. The first-order valence-corrected chi connectivity index (χ1v) is 7.77. The molecular formula is C15H22N4S. The van der Waals surface area contributed by atoms with Crippen molar-refractivity contribution in [2.45, 2.75) is 39.7 Å². The molecule has 0 saturated carbocycles. The molecule has 108 valence electrons. The number of rotatable bonds is 5. The summed E-state index contributed by atoms with van der Waals surface area (Å²) in [6.45, 7) is 8.41. The highest BCUT2D eigenvalue weighted by Gasteiger charge is 2.15. The van der Waals surface area contributed by atoms with Gasteiger partial charge >= 0.3 is 0 Å². The summed E-state index contributed by atoms with van der Waals surface area (Å²) in [6, 6.07) is 4.46. The van der Waals surface area contributed by atoms with Gasteiger partial charge in [0.05, 0.1) is 6.04 Å². The standard InChI is InChI=1S/C15H22N4S/c1-9(2)13-18-14(16-5)10(3)15(19-13)17-11(4)12-7-6-8-20-12/h6-9,11H,1-5H3,(H2,16,17,18,19). The number of hydrogen-bond donors (Lipinski definition) is 2. The van der Waals surface area contributed by atoms with E-state index in [0.29, 0.717) is 5.92 Å². The Morgan fingerprint density at radius 2 is 1.85 bits per heavy atom. The molecule has 4 nitrogen and oxygen atoms in total. The van der Waals surface area contributed by atoms with E-state index in [9.17, 15) is 0 Å². The Labute approximate surface area is 124 Å². The summed E-state index contributed by atoms with van der Waals surface area (Å²) in [5.41, 5.74) is 1.06. The average molecular weight is 290 g/mol. The Morgan fingerprint density at radius 3 is 2.40 bits per heavy atom. The lowest BCUT2D eigenvalue weighted by Gasteiger charge is -2.18. The van der Waals surface area contributed by atoms with Gasteiger partial charge in [0.25, 0.3) is 0 Å². The van der Waals surface area contributed by atoms with Crippen LogP contribution in [0.25, 0.3) is 0 Å². The molecule has 0 saturated heterocycles. The van der Waals surface area contributed by atoms with Crippen molar-refractivity contribution >= 4 is 23.0 Å². The number of aromatic nitrogens is 2. The quantitative estimate of drug-likeness (QED) is 0.867. The smallest absolute Gasteiger partial charge is 0.135 e. The van der Waals surface area contributed by atoms with Crippen molar-refractivity contribution in [1.29, 1.82) is 0 Å². The first-order chi connectivity index (χ1) is 9.52. The third kappa shape index (κ3) is 3.10. The molecule has 0 radical (unpaired) electrons. The van der Waals surface area contributed by atoms with Gasteiger partial charge in [-0.3, -0.25) is 0 Å². The Kier molecular flexibility index (Phi) is 4.60. The minimum Gasteiger partial charge on any atom is -0.373 e. The van der Waals surface area contributed by atoms with Crippen LogP contribution in [0, 0.1) is 6.92 Å². The summed E-state index contributed by atoms with van der Waals surface area (Å²) in [6.07, 6.45) is 0. The van der Waals surface area contributed by atoms with E-state index in [1.54, 1.807) is 11.3 Å². The summed E-state index contributed by atoms with van der Waals surface area (Å²) in [5.74, 6) is 2.97. The average Bonchev–Trinajstić information content (AvgIpc) is 2.94. The first-order valence-electron chi connectivity index (χ1n) is 6.89. The van der Waals surface area contributed by atoms with Crippen LogP contribution in [-0.2, 0) is 0 Å². The van der Waals surface area contributed by atoms with Crippen LogP contribution in [0.15, 0.2) is 17.5 Å². The Balaban J connectivity index is 2.32. The molecule has 1 atom stereocenters. The Hall–Kier alpha value is -1.62. The second kappa shape index (κ2) is 6.22. The van der Waals surface area contributed by atoms with Gasteiger partial charge in [0, 0.05) is 23.4 Å². The van der Waals surface area contributed by atoms with Gasteiger partial charge < -0.3 is 10.6 Å². The molecule has 0 aliphatic carbocycles. The fourth-order valence-electron chi connectivity index (χ4n) is 1.99. The van der Waals surface area contributed by atoms with Crippen molar-refractivity contribution in [2.75, 3.05) is 17.7 Å². The van der Waals surface area contributed by atoms with E-state index in [4.69, 9.17) is 0 Å². The summed E-state index contributed by atoms with van der Waals surface area (Å²) < 4.78 is 0. The molecule has 0 aliphatic rings. The fourth-order valence-corrected chi connectivity index (χ4v) is 2.72. The van der Waals surface area contributed by atoms with Gasteiger partial charge in [-0.05, 0) is 25.3 Å². The number of nitrogens with zero attached hydrogens (tertiary/aromatic N) is 2. The van der Waals surface area contributed by atoms with E-state index in [2.05, 4.69) is 58.9 Å². The Morgan fingerprint density at radius 1 is 1.15 bits per heavy atom. The summed E-state index contributed by atoms with van der Waals surface area (Å²) in [4.78, 5) is 10.5. The molecule has 0 spiro atoms. The topological polar surface area (TPSA) is 49.8 Å². The van der Waals surface area contributed by atoms with Crippen LogP contribution in [0.4, 0.5) is 11.6 Å². The molecule has 5 heteroatoms. The van der Waals surface area contributed by atoms with Crippen LogP contribution in [-0.4, -0.2) is 17.0 Å². The second-order valence-corrected chi connectivity index (χ2v) is 6.17. The molecule has 0 amide bonds. The third-order valence-electron chi connectivity index (χ3n) is 3.24.